The van der Waals surface area contributed by atoms with Gasteiger partial charge >= 0.3 is 5.97 Å². The Hall–Kier alpha value is 0.160. The quantitative estimate of drug-likeness (QED) is 0.592. The van der Waals surface area contributed by atoms with Crippen LogP contribution in [0.5, 0.6) is 0 Å². The summed E-state index contributed by atoms with van der Waals surface area (Å²) < 4.78 is 10.1. The average molecular weight is 274 g/mol. The highest BCUT2D eigenvalue weighted by atomic mass is 79.9. The second-order valence-electron chi connectivity index (χ2n) is 2.73. The van der Waals surface area contributed by atoms with Crippen molar-refractivity contribution >= 4 is 33.5 Å². The summed E-state index contributed by atoms with van der Waals surface area (Å²) in [6, 6.07) is 0. The molecule has 6 heteroatoms. The highest BCUT2D eigenvalue weighted by Crippen LogP contribution is 2.31. The lowest BCUT2D eigenvalue weighted by molar-refractivity contribution is -0.149. The maximum atomic E-state index is 10.7. The van der Waals surface area contributed by atoms with Gasteiger partial charge in [0, 0.05) is 6.92 Å². The molecule has 1 aliphatic heterocycles. The summed E-state index contributed by atoms with van der Waals surface area (Å²) in [7, 11) is 0. The molecule has 1 fully saturated rings. The first-order valence-electron chi connectivity index (χ1n) is 3.78. The normalized spacial score (nSPS) is 39.1. The van der Waals surface area contributed by atoms with Crippen molar-refractivity contribution in [3.05, 3.63) is 0 Å². The Kier molecular flexibility index (Phi) is 3.97. The molecular formula is C7H10BrClO4. The molecule has 1 unspecified atom stereocenters. The van der Waals surface area contributed by atoms with Crippen molar-refractivity contribution in [3.8, 4) is 0 Å². The maximum Gasteiger partial charge on any atom is 0.303 e. The Morgan fingerprint density at radius 2 is 2.38 bits per heavy atom. The summed E-state index contributed by atoms with van der Waals surface area (Å²) in [6.45, 7) is 1.07. The fourth-order valence-corrected chi connectivity index (χ4v) is 2.00. The Balaban J connectivity index is 2.62. The van der Waals surface area contributed by atoms with Gasteiger partial charge in [0.05, 0.1) is 6.61 Å². The van der Waals surface area contributed by atoms with Gasteiger partial charge in [-0.05, 0) is 0 Å². The Bertz CT molecular complexity index is 201. The van der Waals surface area contributed by atoms with E-state index >= 15 is 0 Å². The first-order valence-corrected chi connectivity index (χ1v) is 5.13. The fourth-order valence-electron chi connectivity index (χ4n) is 1.15. The molecule has 0 radical (unpaired) electrons. The van der Waals surface area contributed by atoms with Crippen LogP contribution in [0, 0.1) is 0 Å². The van der Waals surface area contributed by atoms with Crippen LogP contribution in [-0.4, -0.2) is 40.3 Å². The molecule has 0 saturated carbocycles. The van der Waals surface area contributed by atoms with Gasteiger partial charge in [-0.1, -0.05) is 15.9 Å². The van der Waals surface area contributed by atoms with Crippen LogP contribution in [0.3, 0.4) is 0 Å². The van der Waals surface area contributed by atoms with Crippen molar-refractivity contribution in [1.29, 1.82) is 0 Å². The van der Waals surface area contributed by atoms with Crippen molar-refractivity contribution in [3.63, 3.8) is 0 Å². The van der Waals surface area contributed by atoms with Crippen LogP contribution in [0.4, 0.5) is 0 Å². The van der Waals surface area contributed by atoms with E-state index in [0.29, 0.717) is 0 Å². The molecular weight excluding hydrogens is 263 g/mol. The molecule has 1 heterocycles. The zero-order valence-electron chi connectivity index (χ0n) is 6.94. The number of halogens is 2. The Labute approximate surface area is 89.3 Å². The number of ether oxygens (including phenoxy) is 2. The van der Waals surface area contributed by atoms with Crippen molar-refractivity contribution in [1.82, 2.24) is 0 Å². The number of carbonyl (C=O) groups excluding carboxylic acids is 1. The number of aliphatic hydroxyl groups is 1. The predicted molar refractivity (Wildman–Crippen MR) is 49.9 cm³/mol. The van der Waals surface area contributed by atoms with Crippen LogP contribution in [0.15, 0.2) is 0 Å². The molecule has 0 aliphatic carbocycles. The van der Waals surface area contributed by atoms with Crippen LogP contribution in [-0.2, 0) is 14.3 Å². The van der Waals surface area contributed by atoms with Gasteiger partial charge in [-0.2, -0.15) is 0 Å². The third kappa shape index (κ3) is 2.56. The van der Waals surface area contributed by atoms with Gasteiger partial charge in [0.2, 0.25) is 0 Å². The molecule has 1 rings (SSSR count). The van der Waals surface area contributed by atoms with Crippen LogP contribution in [0.1, 0.15) is 6.92 Å². The minimum Gasteiger partial charge on any atom is -0.458 e. The van der Waals surface area contributed by atoms with E-state index in [1.165, 1.54) is 6.92 Å². The molecule has 0 spiro atoms. The number of hydrogen-bond acceptors (Lipinski definition) is 4. The molecule has 1 aliphatic rings. The number of alkyl halides is 2. The lowest BCUT2D eigenvalue weighted by atomic mass is 10.2. The van der Waals surface area contributed by atoms with E-state index in [4.69, 9.17) is 26.2 Å². The van der Waals surface area contributed by atoms with Gasteiger partial charge in [-0.25, -0.2) is 0 Å². The van der Waals surface area contributed by atoms with Crippen molar-refractivity contribution < 1.29 is 19.4 Å². The highest BCUT2D eigenvalue weighted by molar-refractivity contribution is 9.09. The van der Waals surface area contributed by atoms with Gasteiger partial charge in [0.1, 0.15) is 22.6 Å². The smallest absolute Gasteiger partial charge is 0.303 e. The average Bonchev–Trinajstić information content (AvgIpc) is 2.31. The minimum absolute atomic E-state index is 0.219. The summed E-state index contributed by atoms with van der Waals surface area (Å²) in [5.41, 5.74) is 0. The van der Waals surface area contributed by atoms with Crippen molar-refractivity contribution in [2.75, 3.05) is 6.61 Å². The van der Waals surface area contributed by atoms with E-state index in [9.17, 15) is 4.79 Å². The molecule has 0 bridgehead atoms. The zero-order valence-corrected chi connectivity index (χ0v) is 9.29. The molecule has 13 heavy (non-hydrogen) atoms. The number of carbonyl (C=O) groups is 1. The number of hydrogen-bond donors (Lipinski definition) is 1. The third-order valence-corrected chi connectivity index (χ3v) is 3.28. The largest absolute Gasteiger partial charge is 0.458 e. The first-order chi connectivity index (χ1) is 6.06. The fraction of sp³-hybridized carbons (Fsp3) is 0.857. The van der Waals surface area contributed by atoms with Gasteiger partial charge in [-0.15, -0.1) is 11.6 Å². The Morgan fingerprint density at radius 3 is 2.85 bits per heavy atom. The standard InChI is InChI=1S/C7H10BrClO4/c1-3(11)12-6-4(2-10)13-7(8)5(6)9/h4-7,10H,2H2,1H3/t4-,5+,6-,7?/m1/s1. The monoisotopic (exact) mass is 272 g/mol. The molecule has 4 atom stereocenters. The minimum atomic E-state index is -0.589. The van der Waals surface area contributed by atoms with E-state index in [1.54, 1.807) is 0 Å². The van der Waals surface area contributed by atoms with E-state index in [1.807, 2.05) is 0 Å². The topological polar surface area (TPSA) is 55.8 Å². The molecule has 0 aromatic rings. The first kappa shape index (κ1) is 11.2. The predicted octanol–water partition coefficient (Wildman–Crippen LogP) is 0.638. The highest BCUT2D eigenvalue weighted by Gasteiger charge is 2.44. The summed E-state index contributed by atoms with van der Waals surface area (Å²) in [6.07, 6.45) is -1.13. The van der Waals surface area contributed by atoms with Gasteiger partial charge < -0.3 is 14.6 Å². The number of rotatable bonds is 2. The van der Waals surface area contributed by atoms with Gasteiger partial charge in [0.15, 0.2) is 0 Å². The molecule has 0 aromatic heterocycles. The van der Waals surface area contributed by atoms with E-state index in [-0.39, 0.29) is 6.61 Å². The molecule has 0 aromatic carbocycles. The third-order valence-electron chi connectivity index (χ3n) is 1.72. The van der Waals surface area contributed by atoms with Crippen LogP contribution in [0.25, 0.3) is 0 Å². The van der Waals surface area contributed by atoms with Gasteiger partial charge in [-0.3, -0.25) is 4.79 Å². The van der Waals surface area contributed by atoms with E-state index in [2.05, 4.69) is 15.9 Å². The lowest BCUT2D eigenvalue weighted by Gasteiger charge is -2.17. The van der Waals surface area contributed by atoms with Gasteiger partial charge in [0.25, 0.3) is 0 Å². The molecule has 1 saturated heterocycles. The molecule has 4 nitrogen and oxygen atoms in total. The summed E-state index contributed by atoms with van der Waals surface area (Å²) in [5, 5.41) is 8.02. The van der Waals surface area contributed by atoms with Crippen LogP contribution >= 0.6 is 27.5 Å². The molecule has 76 valence electrons. The Morgan fingerprint density at radius 1 is 1.77 bits per heavy atom. The zero-order chi connectivity index (χ0) is 10.0. The maximum absolute atomic E-state index is 10.7. The number of esters is 1. The van der Waals surface area contributed by atoms with Crippen LogP contribution in [0.2, 0.25) is 0 Å². The SMILES string of the molecule is CC(=O)O[C@H]1[C@H](Cl)C(Br)O[C@@H]1CO. The summed E-state index contributed by atoms with van der Waals surface area (Å²) in [5.74, 6) is -0.431. The molecule has 1 N–H and O–H groups in total. The van der Waals surface area contributed by atoms with Crippen LogP contribution < -0.4 is 0 Å². The van der Waals surface area contributed by atoms with Crippen molar-refractivity contribution in [2.24, 2.45) is 0 Å². The second-order valence-corrected chi connectivity index (χ2v) is 4.13. The lowest BCUT2D eigenvalue weighted by Crippen LogP contribution is -2.34. The second kappa shape index (κ2) is 4.59. The van der Waals surface area contributed by atoms with E-state index in [0.717, 1.165) is 0 Å². The summed E-state index contributed by atoms with van der Waals surface area (Å²) >= 11 is 9.04. The molecule has 0 amide bonds. The summed E-state index contributed by atoms with van der Waals surface area (Å²) in [4.78, 5) is 10.7. The number of aliphatic hydroxyl groups excluding tert-OH is 1. The van der Waals surface area contributed by atoms with E-state index < -0.39 is 28.6 Å². The van der Waals surface area contributed by atoms with Crippen molar-refractivity contribution in [2.45, 2.75) is 29.5 Å².